The summed E-state index contributed by atoms with van der Waals surface area (Å²) in [5.74, 6) is 2.02. The van der Waals surface area contributed by atoms with Gasteiger partial charge in [0.1, 0.15) is 0 Å². The summed E-state index contributed by atoms with van der Waals surface area (Å²) >= 11 is 0. The summed E-state index contributed by atoms with van der Waals surface area (Å²) in [7, 11) is 0. The Morgan fingerprint density at radius 1 is 1.39 bits per heavy atom. The van der Waals surface area contributed by atoms with Crippen LogP contribution in [-0.4, -0.2) is 10.1 Å². The van der Waals surface area contributed by atoms with Crippen molar-refractivity contribution in [1.29, 1.82) is 0 Å². The first-order valence-corrected chi connectivity index (χ1v) is 6.47. The van der Waals surface area contributed by atoms with Crippen LogP contribution in [-0.2, 0) is 11.0 Å². The van der Waals surface area contributed by atoms with Gasteiger partial charge in [-0.3, -0.25) is 0 Å². The summed E-state index contributed by atoms with van der Waals surface area (Å²) < 4.78 is 5.41. The molecule has 0 amide bonds. The van der Waals surface area contributed by atoms with Gasteiger partial charge in [-0.25, -0.2) is 0 Å². The lowest BCUT2D eigenvalue weighted by atomic mass is 9.77. The quantitative estimate of drug-likeness (QED) is 0.915. The van der Waals surface area contributed by atoms with Crippen LogP contribution in [0.4, 0.5) is 0 Å². The predicted molar refractivity (Wildman–Crippen MR) is 73.7 cm³/mol. The first-order chi connectivity index (χ1) is 7.83. The van der Waals surface area contributed by atoms with E-state index in [-0.39, 0.29) is 23.4 Å². The molecule has 0 aliphatic heterocycles. The summed E-state index contributed by atoms with van der Waals surface area (Å²) in [6.07, 6.45) is 4.13. The van der Waals surface area contributed by atoms with Gasteiger partial charge in [0, 0.05) is 5.41 Å². The van der Waals surface area contributed by atoms with Crippen LogP contribution in [0, 0.1) is 5.92 Å². The lowest BCUT2D eigenvalue weighted by Crippen LogP contribution is -2.44. The van der Waals surface area contributed by atoms with E-state index >= 15 is 0 Å². The summed E-state index contributed by atoms with van der Waals surface area (Å²) in [4.78, 5) is 4.53. The molecule has 1 aromatic rings. The molecule has 1 heterocycles. The minimum Gasteiger partial charge on any atom is -0.339 e. The van der Waals surface area contributed by atoms with Crippen molar-refractivity contribution in [2.45, 2.75) is 64.3 Å². The van der Waals surface area contributed by atoms with Crippen LogP contribution >= 0.6 is 12.4 Å². The fourth-order valence-electron chi connectivity index (χ4n) is 2.59. The van der Waals surface area contributed by atoms with Gasteiger partial charge in [0.25, 0.3) is 0 Å². The lowest BCUT2D eigenvalue weighted by Gasteiger charge is -2.34. The molecular formula is C13H24ClN3O. The SMILES string of the molecule is CC(C)CC(C)(C)c1nc(C2(N)CCC2)no1.Cl. The summed E-state index contributed by atoms with van der Waals surface area (Å²) in [6.45, 7) is 8.70. The van der Waals surface area contributed by atoms with Crippen molar-refractivity contribution in [1.82, 2.24) is 10.1 Å². The molecule has 0 bridgehead atoms. The number of aromatic nitrogens is 2. The van der Waals surface area contributed by atoms with E-state index < -0.39 is 0 Å². The van der Waals surface area contributed by atoms with Gasteiger partial charge in [0.2, 0.25) is 5.89 Å². The monoisotopic (exact) mass is 273 g/mol. The lowest BCUT2D eigenvalue weighted by molar-refractivity contribution is 0.226. The van der Waals surface area contributed by atoms with Gasteiger partial charge in [-0.2, -0.15) is 4.98 Å². The molecule has 0 spiro atoms. The topological polar surface area (TPSA) is 64.9 Å². The third kappa shape index (κ3) is 2.86. The molecule has 18 heavy (non-hydrogen) atoms. The molecule has 0 atom stereocenters. The maximum atomic E-state index is 6.20. The molecule has 4 nitrogen and oxygen atoms in total. The van der Waals surface area contributed by atoms with Crippen LogP contribution < -0.4 is 5.73 Å². The Morgan fingerprint density at radius 3 is 2.44 bits per heavy atom. The Balaban J connectivity index is 0.00000162. The number of nitrogens with zero attached hydrogens (tertiary/aromatic N) is 2. The molecule has 2 N–H and O–H groups in total. The third-order valence-corrected chi connectivity index (χ3v) is 3.61. The molecule has 1 aliphatic carbocycles. The minimum atomic E-state index is -0.324. The number of halogens is 1. The standard InChI is InChI=1S/C13H23N3O.ClH/c1-9(2)8-12(3,4)11-15-10(16-17-11)13(14)6-5-7-13;/h9H,5-8,14H2,1-4H3;1H. The second-order valence-electron chi connectivity index (χ2n) is 6.41. The maximum absolute atomic E-state index is 6.20. The van der Waals surface area contributed by atoms with Crippen molar-refractivity contribution in [3.63, 3.8) is 0 Å². The zero-order valence-corrected chi connectivity index (χ0v) is 12.5. The smallest absolute Gasteiger partial charge is 0.232 e. The van der Waals surface area contributed by atoms with E-state index in [9.17, 15) is 0 Å². The van der Waals surface area contributed by atoms with Gasteiger partial charge >= 0.3 is 0 Å². The van der Waals surface area contributed by atoms with Crippen molar-refractivity contribution in [2.24, 2.45) is 11.7 Å². The molecule has 5 heteroatoms. The summed E-state index contributed by atoms with van der Waals surface area (Å²) in [5.41, 5.74) is 5.80. The Bertz CT molecular complexity index is 397. The van der Waals surface area contributed by atoms with E-state index in [2.05, 4.69) is 37.8 Å². The Kier molecular flexibility index (Phi) is 4.44. The van der Waals surface area contributed by atoms with Gasteiger partial charge in [0.15, 0.2) is 5.82 Å². The number of nitrogens with two attached hydrogens (primary N) is 1. The van der Waals surface area contributed by atoms with E-state index in [4.69, 9.17) is 10.3 Å². The van der Waals surface area contributed by atoms with Gasteiger partial charge in [-0.1, -0.05) is 32.9 Å². The number of rotatable bonds is 4. The zero-order valence-electron chi connectivity index (χ0n) is 11.7. The highest BCUT2D eigenvalue weighted by atomic mass is 35.5. The second kappa shape index (κ2) is 5.17. The molecule has 1 aromatic heterocycles. The molecular weight excluding hydrogens is 250 g/mol. The van der Waals surface area contributed by atoms with Crippen LogP contribution in [0.25, 0.3) is 0 Å². The predicted octanol–water partition coefficient (Wildman–Crippen LogP) is 3.15. The van der Waals surface area contributed by atoms with Crippen molar-refractivity contribution in [2.75, 3.05) is 0 Å². The van der Waals surface area contributed by atoms with Gasteiger partial charge in [-0.15, -0.1) is 12.4 Å². The second-order valence-corrected chi connectivity index (χ2v) is 6.41. The highest BCUT2D eigenvalue weighted by molar-refractivity contribution is 5.85. The first kappa shape index (κ1) is 15.4. The normalized spacial score (nSPS) is 18.3. The van der Waals surface area contributed by atoms with Gasteiger partial charge in [-0.05, 0) is 31.6 Å². The molecule has 1 fully saturated rings. The Labute approximate surface area is 115 Å². The minimum absolute atomic E-state index is 0. The largest absolute Gasteiger partial charge is 0.339 e. The van der Waals surface area contributed by atoms with Crippen molar-refractivity contribution >= 4 is 12.4 Å². The molecule has 0 saturated heterocycles. The summed E-state index contributed by atoms with van der Waals surface area (Å²) in [6, 6.07) is 0. The number of hydrogen-bond acceptors (Lipinski definition) is 4. The fraction of sp³-hybridized carbons (Fsp3) is 0.846. The first-order valence-electron chi connectivity index (χ1n) is 6.47. The zero-order chi connectivity index (χ0) is 12.7. The van der Waals surface area contributed by atoms with E-state index in [1.165, 1.54) is 0 Å². The molecule has 1 saturated carbocycles. The Hall–Kier alpha value is -0.610. The van der Waals surface area contributed by atoms with Gasteiger partial charge < -0.3 is 10.3 Å². The van der Waals surface area contributed by atoms with E-state index in [0.29, 0.717) is 11.7 Å². The summed E-state index contributed by atoms with van der Waals surface area (Å²) in [5, 5.41) is 4.07. The van der Waals surface area contributed by atoms with E-state index in [1.54, 1.807) is 0 Å². The average molecular weight is 274 g/mol. The molecule has 104 valence electrons. The van der Waals surface area contributed by atoms with Crippen molar-refractivity contribution < 1.29 is 4.52 Å². The van der Waals surface area contributed by atoms with Crippen LogP contribution in [0.1, 0.15) is 65.1 Å². The Morgan fingerprint density at radius 2 is 2.00 bits per heavy atom. The maximum Gasteiger partial charge on any atom is 0.232 e. The van der Waals surface area contributed by atoms with Crippen LogP contribution in [0.5, 0.6) is 0 Å². The van der Waals surface area contributed by atoms with Crippen molar-refractivity contribution in [3.8, 4) is 0 Å². The fourth-order valence-corrected chi connectivity index (χ4v) is 2.59. The third-order valence-electron chi connectivity index (χ3n) is 3.61. The van der Waals surface area contributed by atoms with Crippen LogP contribution in [0.3, 0.4) is 0 Å². The highest BCUT2D eigenvalue weighted by Crippen LogP contribution is 2.38. The molecule has 0 unspecified atom stereocenters. The highest BCUT2D eigenvalue weighted by Gasteiger charge is 2.40. The van der Waals surface area contributed by atoms with E-state index in [0.717, 1.165) is 31.6 Å². The average Bonchev–Trinajstić information content (AvgIpc) is 2.61. The molecule has 0 radical (unpaired) electrons. The van der Waals surface area contributed by atoms with Crippen molar-refractivity contribution in [3.05, 3.63) is 11.7 Å². The molecule has 1 aliphatic rings. The van der Waals surface area contributed by atoms with Crippen LogP contribution in [0.15, 0.2) is 4.52 Å². The number of hydrogen-bond donors (Lipinski definition) is 1. The molecule has 2 rings (SSSR count). The molecule has 0 aromatic carbocycles. The van der Waals surface area contributed by atoms with Crippen LogP contribution in [0.2, 0.25) is 0 Å². The van der Waals surface area contributed by atoms with E-state index in [1.807, 2.05) is 0 Å². The van der Waals surface area contributed by atoms with Gasteiger partial charge in [0.05, 0.1) is 5.54 Å².